The molecule has 5 aliphatic heterocycles. The summed E-state index contributed by atoms with van der Waals surface area (Å²) in [4.78, 5) is 38.1. The zero-order valence-electron chi connectivity index (χ0n) is 29.2. The first-order valence-electron chi connectivity index (χ1n) is 17.3. The number of carbonyl (C=O) groups excluding carboxylic acids is 3. The second kappa shape index (κ2) is 16.4. The molecule has 308 valence electrons. The molecule has 7 aliphatic rings. The maximum atomic E-state index is 13.8. The number of carbonyl (C=O) groups is 3. The third-order valence-corrected chi connectivity index (χ3v) is 11.0. The fourth-order valence-electron chi connectivity index (χ4n) is 7.71. The first-order chi connectivity index (χ1) is 26.8. The topological polar surface area (TPSA) is 316 Å². The molecule has 0 radical (unpaired) electrons. The minimum absolute atomic E-state index is 0.0860. The van der Waals surface area contributed by atoms with Crippen molar-refractivity contribution in [3.63, 3.8) is 0 Å². The van der Waals surface area contributed by atoms with E-state index >= 15 is 0 Å². The highest BCUT2D eigenvalue weighted by atomic mass is 32.2. The summed E-state index contributed by atoms with van der Waals surface area (Å²) in [5, 5.41) is 93.6. The Morgan fingerprint density at radius 2 is 1.45 bits per heavy atom. The molecule has 1 unspecified atom stereocenters. The van der Waals surface area contributed by atoms with Crippen LogP contribution < -0.4 is 0 Å². The molecule has 0 amide bonds. The van der Waals surface area contributed by atoms with Crippen molar-refractivity contribution in [2.45, 2.75) is 80.1 Å². The van der Waals surface area contributed by atoms with E-state index in [0.717, 1.165) is 24.3 Å². The van der Waals surface area contributed by atoms with Gasteiger partial charge in [-0.05, 0) is 35.2 Å². The summed E-state index contributed by atoms with van der Waals surface area (Å²) in [6.45, 7) is -2.49. The quantitative estimate of drug-likeness (QED) is 0.0546. The molecule has 0 aromatic carbocycles. The molecule has 2 saturated heterocycles. The molecule has 7 rings (SSSR count). The van der Waals surface area contributed by atoms with Crippen molar-refractivity contribution in [1.82, 2.24) is 0 Å². The lowest BCUT2D eigenvalue weighted by Gasteiger charge is -2.44. The molecular formula is C34H40O21S. The molecule has 0 saturated carbocycles. The fraction of sp³-hybridized carbons (Fsp3) is 0.618. The molecule has 22 heteroatoms. The first-order valence-corrected chi connectivity index (χ1v) is 18.6. The van der Waals surface area contributed by atoms with Gasteiger partial charge in [0.2, 0.25) is 12.6 Å². The number of thioether (sulfide) groups is 1. The SMILES string of the molecule is CSC(=O)OCC1=CC2=C3C(=CO[C@@H](O[C@@H]4O[C@H](CO)[C@@H](O)[C@H](OC(=O)C5=CO[C@@H](O[C@@H]6O[C@H](CO)[C@@H](O)[C@H](O)[C@H]6O)[C@@H]6C(CO)=C[C@H](O)[C@H]56)[C@H]4O)C13)C(=O)O2. The summed E-state index contributed by atoms with van der Waals surface area (Å²) in [5.41, 5.74) is 0.649. The summed E-state index contributed by atoms with van der Waals surface area (Å²) in [5.74, 6) is -5.04. The summed E-state index contributed by atoms with van der Waals surface area (Å²) in [6.07, 6.45) is -15.3. The summed E-state index contributed by atoms with van der Waals surface area (Å²) >= 11 is 0.829. The number of esters is 2. The van der Waals surface area contributed by atoms with E-state index in [9.17, 15) is 60.3 Å². The number of allylic oxidation sites excluding steroid dienone is 1. The van der Waals surface area contributed by atoms with Gasteiger partial charge in [0.25, 0.3) is 0 Å². The predicted octanol–water partition coefficient (Wildman–Crippen LogP) is -3.96. The number of hydrogen-bond donors (Lipinski definition) is 9. The average Bonchev–Trinajstić information content (AvgIpc) is 3.84. The highest BCUT2D eigenvalue weighted by Gasteiger charge is 2.55. The first kappa shape index (κ1) is 40.7. The molecule has 2 aliphatic carbocycles. The Hall–Kier alpha value is -3.46. The van der Waals surface area contributed by atoms with Crippen molar-refractivity contribution in [3.05, 3.63) is 58.3 Å². The van der Waals surface area contributed by atoms with Crippen LogP contribution in [0.1, 0.15) is 0 Å². The van der Waals surface area contributed by atoms with Crippen LogP contribution in [-0.4, -0.2) is 176 Å². The number of hydrogen-bond acceptors (Lipinski definition) is 22. The Morgan fingerprint density at radius 1 is 0.786 bits per heavy atom. The van der Waals surface area contributed by atoms with Crippen LogP contribution in [0, 0.1) is 17.8 Å². The molecule has 0 aromatic heterocycles. The third kappa shape index (κ3) is 7.17. The minimum Gasteiger partial charge on any atom is -0.471 e. The third-order valence-electron chi connectivity index (χ3n) is 10.5. The molecule has 9 N–H and O–H groups in total. The lowest BCUT2D eigenvalue weighted by atomic mass is 9.82. The van der Waals surface area contributed by atoms with Gasteiger partial charge in [0.05, 0.1) is 49.6 Å². The molecule has 2 fully saturated rings. The van der Waals surface area contributed by atoms with E-state index in [4.69, 9.17) is 42.6 Å². The zero-order valence-corrected chi connectivity index (χ0v) is 30.0. The van der Waals surface area contributed by atoms with Crippen LogP contribution in [0.2, 0.25) is 0 Å². The maximum Gasteiger partial charge on any atom is 0.367 e. The van der Waals surface area contributed by atoms with Crippen LogP contribution in [0.5, 0.6) is 0 Å². The molecule has 0 bridgehead atoms. The van der Waals surface area contributed by atoms with Gasteiger partial charge in [-0.15, -0.1) is 0 Å². The van der Waals surface area contributed by atoms with Gasteiger partial charge >= 0.3 is 17.2 Å². The van der Waals surface area contributed by atoms with Crippen LogP contribution >= 0.6 is 11.8 Å². The lowest BCUT2D eigenvalue weighted by molar-refractivity contribution is -0.340. The Labute approximate surface area is 320 Å². The molecule has 5 heterocycles. The van der Waals surface area contributed by atoms with Gasteiger partial charge in [0.1, 0.15) is 66.9 Å². The molecular weight excluding hydrogens is 776 g/mol. The van der Waals surface area contributed by atoms with Gasteiger partial charge in [-0.1, -0.05) is 6.08 Å². The van der Waals surface area contributed by atoms with Gasteiger partial charge in [-0.3, -0.25) is 0 Å². The Kier molecular flexibility index (Phi) is 11.9. The van der Waals surface area contributed by atoms with Crippen LogP contribution in [0.25, 0.3) is 0 Å². The number of rotatable bonds is 11. The van der Waals surface area contributed by atoms with Crippen molar-refractivity contribution < 1.29 is 103 Å². The monoisotopic (exact) mass is 816 g/mol. The van der Waals surface area contributed by atoms with Gasteiger partial charge in [0.15, 0.2) is 18.7 Å². The summed E-state index contributed by atoms with van der Waals surface area (Å²) in [7, 11) is 0. The Morgan fingerprint density at radius 3 is 2.12 bits per heavy atom. The van der Waals surface area contributed by atoms with E-state index in [1.165, 1.54) is 18.4 Å². The summed E-state index contributed by atoms with van der Waals surface area (Å²) < 4.78 is 50.3. The number of fused-ring (bicyclic) bond motifs is 1. The van der Waals surface area contributed by atoms with Crippen molar-refractivity contribution in [2.24, 2.45) is 17.8 Å². The normalized spacial score (nSPS) is 41.3. The predicted molar refractivity (Wildman–Crippen MR) is 177 cm³/mol. The van der Waals surface area contributed by atoms with E-state index in [1.54, 1.807) is 0 Å². The van der Waals surface area contributed by atoms with E-state index in [-0.39, 0.29) is 29.1 Å². The molecule has 0 aromatic rings. The van der Waals surface area contributed by atoms with Gasteiger partial charge in [0, 0.05) is 11.5 Å². The number of ether oxygens (including phenoxy) is 9. The lowest BCUT2D eigenvalue weighted by Crippen LogP contribution is -2.61. The van der Waals surface area contributed by atoms with Crippen LogP contribution in [0.15, 0.2) is 58.3 Å². The molecule has 0 spiro atoms. The van der Waals surface area contributed by atoms with Crippen LogP contribution in [0.3, 0.4) is 0 Å². The average molecular weight is 817 g/mol. The molecule has 16 atom stereocenters. The number of aliphatic hydroxyl groups excluding tert-OH is 9. The van der Waals surface area contributed by atoms with Gasteiger partial charge in [-0.2, -0.15) is 0 Å². The van der Waals surface area contributed by atoms with Crippen molar-refractivity contribution in [2.75, 3.05) is 32.7 Å². The van der Waals surface area contributed by atoms with Crippen molar-refractivity contribution >= 4 is 29.0 Å². The van der Waals surface area contributed by atoms with Crippen LogP contribution in [-0.2, 0) is 52.2 Å². The smallest absolute Gasteiger partial charge is 0.367 e. The summed E-state index contributed by atoms with van der Waals surface area (Å²) in [6, 6.07) is 0. The fourth-order valence-corrected chi connectivity index (χ4v) is 7.88. The van der Waals surface area contributed by atoms with E-state index < -0.39 is 135 Å². The second-order valence-electron chi connectivity index (χ2n) is 13.7. The van der Waals surface area contributed by atoms with Gasteiger partial charge < -0.3 is 88.6 Å². The molecule has 56 heavy (non-hydrogen) atoms. The second-order valence-corrected chi connectivity index (χ2v) is 14.5. The Bertz CT molecular complexity index is 1720. The van der Waals surface area contributed by atoms with E-state index in [1.807, 2.05) is 0 Å². The zero-order chi connectivity index (χ0) is 40.2. The maximum absolute atomic E-state index is 13.8. The van der Waals surface area contributed by atoms with Crippen LogP contribution in [0.4, 0.5) is 4.79 Å². The van der Waals surface area contributed by atoms with Crippen molar-refractivity contribution in [3.8, 4) is 0 Å². The standard InChI is InChI=1S/C34H40O21S/c1-56-34(46)49-7-11-3-15-21-13(28(44)50-15)9-48-31(19(11)21)55-33-26(43)27(23(40)17(6-37)52-33)53-29(45)12-8-47-30(18-10(4-35)2-14(38)20(12)18)54-32-25(42)24(41)22(39)16(5-36)51-32/h2-3,8-9,14,16-20,22-27,30-33,35-43H,4-7H2,1H3/t14-,16+,17+,18+,19?,20-,22+,23+,24-,25+,26+,27-,30-,31-,32-,33-/m0/s1. The molecule has 21 nitrogen and oxygen atoms in total. The highest BCUT2D eigenvalue weighted by Crippen LogP contribution is 2.49. The Balaban J connectivity index is 1.09. The van der Waals surface area contributed by atoms with E-state index in [0.29, 0.717) is 11.1 Å². The highest BCUT2D eigenvalue weighted by molar-refractivity contribution is 8.12. The van der Waals surface area contributed by atoms with E-state index in [2.05, 4.69) is 0 Å². The minimum atomic E-state index is -1.97. The number of aliphatic hydroxyl groups is 9. The van der Waals surface area contributed by atoms with Crippen molar-refractivity contribution in [1.29, 1.82) is 0 Å². The largest absolute Gasteiger partial charge is 0.471 e. The van der Waals surface area contributed by atoms with Gasteiger partial charge in [-0.25, -0.2) is 14.4 Å².